The van der Waals surface area contributed by atoms with E-state index >= 15 is 0 Å². The van der Waals surface area contributed by atoms with Crippen molar-refractivity contribution in [3.63, 3.8) is 0 Å². The normalized spacial score (nSPS) is 11.3. The molecule has 0 aliphatic rings. The Hall–Kier alpha value is -2.16. The summed E-state index contributed by atoms with van der Waals surface area (Å²) in [5.74, 6) is 0.502. The highest BCUT2D eigenvalue weighted by atomic mass is 16.3. The Morgan fingerprint density at radius 3 is 2.62 bits per heavy atom. The fourth-order valence-electron chi connectivity index (χ4n) is 2.05. The van der Waals surface area contributed by atoms with Crippen LogP contribution < -0.4 is 0 Å². The molecule has 0 amide bonds. The van der Waals surface area contributed by atoms with Crippen LogP contribution in [0.2, 0.25) is 0 Å². The van der Waals surface area contributed by atoms with E-state index < -0.39 is 0 Å². The molecule has 3 N–H and O–H groups in total. The number of fused-ring (bicyclic) bond motifs is 3. The number of aromatic hydroxyl groups is 2. The number of phenols is 2. The van der Waals surface area contributed by atoms with Crippen molar-refractivity contribution in [2.45, 2.75) is 6.92 Å². The number of H-pyrrole nitrogens is 1. The molecule has 0 atom stereocenters. The van der Waals surface area contributed by atoms with Crippen LogP contribution in [-0.4, -0.2) is 15.2 Å². The van der Waals surface area contributed by atoms with Crippen molar-refractivity contribution in [3.8, 4) is 11.5 Å². The molecule has 1 aromatic heterocycles. The number of phenolic OH excluding ortho intramolecular Hbond substituents is 2. The Balaban J connectivity index is 2.56. The number of benzene rings is 2. The van der Waals surface area contributed by atoms with Gasteiger partial charge in [0.1, 0.15) is 11.5 Å². The summed E-state index contributed by atoms with van der Waals surface area (Å²) in [4.78, 5) is 3.15. The Morgan fingerprint density at radius 2 is 1.81 bits per heavy atom. The average Bonchev–Trinajstić information content (AvgIpc) is 2.62. The summed E-state index contributed by atoms with van der Waals surface area (Å²) in [7, 11) is 0. The van der Waals surface area contributed by atoms with Gasteiger partial charge >= 0.3 is 0 Å². The predicted octanol–water partition coefficient (Wildman–Crippen LogP) is 3.04. The summed E-state index contributed by atoms with van der Waals surface area (Å²) in [5, 5.41) is 21.2. The number of hydrogen-bond donors (Lipinski definition) is 3. The minimum atomic E-state index is 0.230. The van der Waals surface area contributed by atoms with E-state index in [-0.39, 0.29) is 11.5 Å². The topological polar surface area (TPSA) is 56.2 Å². The van der Waals surface area contributed by atoms with E-state index in [4.69, 9.17) is 0 Å². The third-order valence-electron chi connectivity index (χ3n) is 2.93. The second-order valence-electron chi connectivity index (χ2n) is 4.01. The summed E-state index contributed by atoms with van der Waals surface area (Å²) in [6.07, 6.45) is 0. The Labute approximate surface area is 92.0 Å². The molecule has 0 saturated heterocycles. The van der Waals surface area contributed by atoms with Gasteiger partial charge in [0.2, 0.25) is 0 Å². The minimum Gasteiger partial charge on any atom is -0.508 e. The summed E-state index contributed by atoms with van der Waals surface area (Å²) >= 11 is 0. The predicted molar refractivity (Wildman–Crippen MR) is 63.9 cm³/mol. The molecule has 3 rings (SSSR count). The lowest BCUT2D eigenvalue weighted by Crippen LogP contribution is -1.75. The molecule has 80 valence electrons. The molecule has 0 aliphatic heterocycles. The van der Waals surface area contributed by atoms with Crippen LogP contribution in [0.25, 0.3) is 21.8 Å². The summed E-state index contributed by atoms with van der Waals surface area (Å²) in [6.45, 7) is 1.86. The van der Waals surface area contributed by atoms with Crippen molar-refractivity contribution in [3.05, 3.63) is 35.9 Å². The number of rotatable bonds is 0. The van der Waals surface area contributed by atoms with Crippen molar-refractivity contribution in [1.29, 1.82) is 0 Å². The maximum Gasteiger partial charge on any atom is 0.142 e. The van der Waals surface area contributed by atoms with E-state index in [0.29, 0.717) is 0 Å². The van der Waals surface area contributed by atoms with Crippen molar-refractivity contribution in [1.82, 2.24) is 4.98 Å². The zero-order valence-corrected chi connectivity index (χ0v) is 8.78. The molecule has 1 heterocycles. The van der Waals surface area contributed by atoms with Gasteiger partial charge < -0.3 is 15.2 Å². The largest absolute Gasteiger partial charge is 0.508 e. The molecule has 0 saturated carbocycles. The molecule has 16 heavy (non-hydrogen) atoms. The van der Waals surface area contributed by atoms with Crippen molar-refractivity contribution in [2.75, 3.05) is 0 Å². The lowest BCUT2D eigenvalue weighted by molar-refractivity contribution is 0.476. The highest BCUT2D eigenvalue weighted by molar-refractivity contribution is 6.09. The van der Waals surface area contributed by atoms with Crippen LogP contribution >= 0.6 is 0 Å². The second-order valence-corrected chi connectivity index (χ2v) is 4.01. The molecule has 0 spiro atoms. The molecule has 3 nitrogen and oxygen atoms in total. The van der Waals surface area contributed by atoms with Crippen molar-refractivity contribution < 1.29 is 10.2 Å². The van der Waals surface area contributed by atoms with Gasteiger partial charge in [0.05, 0.1) is 5.52 Å². The van der Waals surface area contributed by atoms with Gasteiger partial charge in [0.25, 0.3) is 0 Å². The third kappa shape index (κ3) is 1.08. The SMILES string of the molecule is Cc1ccc2c([nH]c3ccc(O)cc32)c1O. The Morgan fingerprint density at radius 1 is 1.00 bits per heavy atom. The molecule has 2 aromatic carbocycles. The molecule has 3 aromatic rings. The van der Waals surface area contributed by atoms with Crippen LogP contribution in [0, 0.1) is 6.92 Å². The second kappa shape index (κ2) is 2.92. The van der Waals surface area contributed by atoms with Gasteiger partial charge in [-0.2, -0.15) is 0 Å². The molecule has 3 heteroatoms. The first-order valence-electron chi connectivity index (χ1n) is 5.10. The minimum absolute atomic E-state index is 0.230. The van der Waals surface area contributed by atoms with Gasteiger partial charge in [-0.25, -0.2) is 0 Å². The van der Waals surface area contributed by atoms with Gasteiger partial charge in [-0.15, -0.1) is 0 Å². The van der Waals surface area contributed by atoms with Gasteiger partial charge in [-0.3, -0.25) is 0 Å². The first kappa shape index (κ1) is 9.09. The van der Waals surface area contributed by atoms with E-state index in [1.165, 1.54) is 0 Å². The number of aromatic amines is 1. The zero-order valence-electron chi connectivity index (χ0n) is 8.78. The highest BCUT2D eigenvalue weighted by Crippen LogP contribution is 2.34. The fourth-order valence-corrected chi connectivity index (χ4v) is 2.05. The zero-order chi connectivity index (χ0) is 11.3. The number of hydrogen-bond acceptors (Lipinski definition) is 2. The van der Waals surface area contributed by atoms with Crippen LogP contribution in [-0.2, 0) is 0 Å². The van der Waals surface area contributed by atoms with E-state index in [1.807, 2.05) is 19.1 Å². The van der Waals surface area contributed by atoms with Gasteiger partial charge in [0, 0.05) is 16.3 Å². The molecule has 0 unspecified atom stereocenters. The van der Waals surface area contributed by atoms with Gasteiger partial charge in [-0.05, 0) is 30.7 Å². The molecular weight excluding hydrogens is 202 g/mol. The van der Waals surface area contributed by atoms with Crippen LogP contribution in [0.1, 0.15) is 5.56 Å². The first-order chi connectivity index (χ1) is 7.66. The van der Waals surface area contributed by atoms with Crippen LogP contribution in [0.5, 0.6) is 11.5 Å². The average molecular weight is 213 g/mol. The third-order valence-corrected chi connectivity index (χ3v) is 2.93. The van der Waals surface area contributed by atoms with Crippen molar-refractivity contribution >= 4 is 21.8 Å². The van der Waals surface area contributed by atoms with E-state index in [1.54, 1.807) is 18.2 Å². The van der Waals surface area contributed by atoms with E-state index in [9.17, 15) is 10.2 Å². The van der Waals surface area contributed by atoms with Crippen LogP contribution in [0.15, 0.2) is 30.3 Å². The smallest absolute Gasteiger partial charge is 0.142 e. The molecular formula is C13H11NO2. The van der Waals surface area contributed by atoms with Crippen LogP contribution in [0.4, 0.5) is 0 Å². The molecule has 0 bridgehead atoms. The van der Waals surface area contributed by atoms with E-state index in [0.717, 1.165) is 27.4 Å². The highest BCUT2D eigenvalue weighted by Gasteiger charge is 2.09. The van der Waals surface area contributed by atoms with Crippen LogP contribution in [0.3, 0.4) is 0 Å². The van der Waals surface area contributed by atoms with E-state index in [2.05, 4.69) is 4.98 Å². The molecule has 0 aliphatic carbocycles. The summed E-state index contributed by atoms with van der Waals surface area (Å²) in [6, 6.07) is 8.95. The quantitative estimate of drug-likeness (QED) is 0.537. The Bertz CT molecular complexity index is 698. The Kier molecular flexibility index (Phi) is 1.66. The number of nitrogens with one attached hydrogen (secondary N) is 1. The standard InChI is InChI=1S/C13H11NO2/c1-7-2-4-9-10-6-8(15)3-5-11(10)14-12(9)13(7)16/h2-6,14-16H,1H3. The number of aryl methyl sites for hydroxylation is 1. The van der Waals surface area contributed by atoms with Gasteiger partial charge in [-0.1, -0.05) is 12.1 Å². The summed E-state index contributed by atoms with van der Waals surface area (Å²) in [5.41, 5.74) is 2.47. The maximum absolute atomic E-state index is 9.93. The monoisotopic (exact) mass is 213 g/mol. The number of aromatic nitrogens is 1. The van der Waals surface area contributed by atoms with Gasteiger partial charge in [0.15, 0.2) is 0 Å². The molecule has 0 fully saturated rings. The fraction of sp³-hybridized carbons (Fsp3) is 0.0769. The summed E-state index contributed by atoms with van der Waals surface area (Å²) < 4.78 is 0. The van der Waals surface area contributed by atoms with Crippen molar-refractivity contribution in [2.24, 2.45) is 0 Å². The lowest BCUT2D eigenvalue weighted by Gasteiger charge is -1.98. The lowest BCUT2D eigenvalue weighted by atomic mass is 10.1. The first-order valence-corrected chi connectivity index (χ1v) is 5.10. The molecule has 0 radical (unpaired) electrons. The maximum atomic E-state index is 9.93.